The summed E-state index contributed by atoms with van der Waals surface area (Å²) in [4.78, 5) is 2.34. The van der Waals surface area contributed by atoms with Crippen LogP contribution in [-0.2, 0) is 13.6 Å². The molecule has 1 aliphatic rings. The standard InChI is InChI=1S/C17H21ClFN3O/c1-21-16(15(18)10-20-21)11-22-8-2-3-14(22)9-17(23)12-4-6-13(19)7-5-12/h4-7,10,14,17,23H,2-3,8-9,11H2,1H3/t14-,17-/m0/s1. The zero-order chi connectivity index (χ0) is 16.4. The number of rotatable bonds is 5. The molecule has 0 bridgehead atoms. The lowest BCUT2D eigenvalue weighted by molar-refractivity contribution is 0.117. The normalized spacial score (nSPS) is 20.1. The second-order valence-corrected chi connectivity index (χ2v) is 6.54. The van der Waals surface area contributed by atoms with Gasteiger partial charge in [-0.05, 0) is 43.5 Å². The van der Waals surface area contributed by atoms with Gasteiger partial charge in [-0.15, -0.1) is 0 Å². The molecule has 2 atom stereocenters. The van der Waals surface area contributed by atoms with Crippen LogP contribution in [0.5, 0.6) is 0 Å². The van der Waals surface area contributed by atoms with Crippen LogP contribution in [0.2, 0.25) is 5.02 Å². The van der Waals surface area contributed by atoms with E-state index in [1.807, 2.05) is 7.05 Å². The molecular weight excluding hydrogens is 317 g/mol. The third-order valence-corrected chi connectivity index (χ3v) is 4.93. The lowest BCUT2D eigenvalue weighted by Gasteiger charge is -2.26. The topological polar surface area (TPSA) is 41.3 Å². The average Bonchev–Trinajstić information content (AvgIpc) is 3.09. The predicted octanol–water partition coefficient (Wildman–Crippen LogP) is 3.30. The Balaban J connectivity index is 1.66. The van der Waals surface area contributed by atoms with Crippen LogP contribution in [-0.4, -0.2) is 32.4 Å². The van der Waals surface area contributed by atoms with Gasteiger partial charge in [-0.1, -0.05) is 23.7 Å². The van der Waals surface area contributed by atoms with Gasteiger partial charge < -0.3 is 5.11 Å². The minimum Gasteiger partial charge on any atom is -0.388 e. The molecule has 0 spiro atoms. The number of nitrogens with zero attached hydrogens (tertiary/aromatic N) is 3. The van der Waals surface area contributed by atoms with Crippen molar-refractivity contribution in [3.63, 3.8) is 0 Å². The molecule has 3 rings (SSSR count). The van der Waals surface area contributed by atoms with Gasteiger partial charge in [0.05, 0.1) is 23.0 Å². The quantitative estimate of drug-likeness (QED) is 0.910. The molecule has 2 heterocycles. The number of hydrogen-bond acceptors (Lipinski definition) is 3. The minimum atomic E-state index is -0.580. The van der Waals surface area contributed by atoms with Crippen molar-refractivity contribution in [1.29, 1.82) is 0 Å². The maximum absolute atomic E-state index is 13.0. The van der Waals surface area contributed by atoms with Crippen molar-refractivity contribution in [2.45, 2.75) is 38.0 Å². The van der Waals surface area contributed by atoms with E-state index in [2.05, 4.69) is 10.00 Å². The highest BCUT2D eigenvalue weighted by Gasteiger charge is 2.28. The minimum absolute atomic E-state index is 0.283. The summed E-state index contributed by atoms with van der Waals surface area (Å²) < 4.78 is 14.8. The fourth-order valence-electron chi connectivity index (χ4n) is 3.26. The van der Waals surface area contributed by atoms with Gasteiger partial charge in [-0.2, -0.15) is 5.10 Å². The number of aryl methyl sites for hydroxylation is 1. The van der Waals surface area contributed by atoms with Crippen molar-refractivity contribution in [1.82, 2.24) is 14.7 Å². The number of aliphatic hydroxyl groups excluding tert-OH is 1. The smallest absolute Gasteiger partial charge is 0.123 e. The van der Waals surface area contributed by atoms with Crippen LogP contribution in [0.1, 0.15) is 36.6 Å². The summed E-state index contributed by atoms with van der Waals surface area (Å²) in [6, 6.07) is 6.37. The molecular formula is C17H21ClFN3O. The highest BCUT2D eigenvalue weighted by atomic mass is 35.5. The number of aliphatic hydroxyl groups is 1. The summed E-state index contributed by atoms with van der Waals surface area (Å²) in [6.07, 6.45) is 3.88. The first kappa shape index (κ1) is 16.4. The Labute approximate surface area is 140 Å². The summed E-state index contributed by atoms with van der Waals surface area (Å²) in [6.45, 7) is 1.72. The number of benzene rings is 1. The van der Waals surface area contributed by atoms with E-state index in [9.17, 15) is 9.50 Å². The Kier molecular flexibility index (Phi) is 4.99. The van der Waals surface area contributed by atoms with E-state index >= 15 is 0 Å². The van der Waals surface area contributed by atoms with Gasteiger partial charge in [-0.25, -0.2) is 4.39 Å². The van der Waals surface area contributed by atoms with Gasteiger partial charge in [0.15, 0.2) is 0 Å². The van der Waals surface area contributed by atoms with E-state index < -0.39 is 6.10 Å². The molecule has 0 amide bonds. The van der Waals surface area contributed by atoms with Crippen molar-refractivity contribution in [2.24, 2.45) is 7.05 Å². The molecule has 1 saturated heterocycles. The molecule has 1 N–H and O–H groups in total. The SMILES string of the molecule is Cn1ncc(Cl)c1CN1CCC[C@H]1C[C@H](O)c1ccc(F)cc1. The van der Waals surface area contributed by atoms with Crippen LogP contribution < -0.4 is 0 Å². The molecule has 1 aromatic carbocycles. The fourth-order valence-corrected chi connectivity index (χ4v) is 3.48. The van der Waals surface area contributed by atoms with Crippen molar-refractivity contribution < 1.29 is 9.50 Å². The molecule has 2 aromatic rings. The van der Waals surface area contributed by atoms with Crippen LogP contribution in [0.25, 0.3) is 0 Å². The molecule has 4 nitrogen and oxygen atoms in total. The highest BCUT2D eigenvalue weighted by Crippen LogP contribution is 2.29. The lowest BCUT2D eigenvalue weighted by atomic mass is 10.0. The summed E-state index contributed by atoms with van der Waals surface area (Å²) in [5.41, 5.74) is 1.76. The van der Waals surface area contributed by atoms with Gasteiger partial charge in [0.1, 0.15) is 5.82 Å². The van der Waals surface area contributed by atoms with E-state index in [1.165, 1.54) is 12.1 Å². The average molecular weight is 338 g/mol. The van der Waals surface area contributed by atoms with Crippen LogP contribution >= 0.6 is 11.6 Å². The third-order valence-electron chi connectivity index (χ3n) is 4.61. The van der Waals surface area contributed by atoms with E-state index in [-0.39, 0.29) is 5.82 Å². The number of likely N-dealkylation sites (tertiary alicyclic amines) is 1. The second kappa shape index (κ2) is 6.99. The highest BCUT2D eigenvalue weighted by molar-refractivity contribution is 6.31. The van der Waals surface area contributed by atoms with Gasteiger partial charge in [0.2, 0.25) is 0 Å². The van der Waals surface area contributed by atoms with Crippen LogP contribution in [0.4, 0.5) is 4.39 Å². The van der Waals surface area contributed by atoms with E-state index in [4.69, 9.17) is 11.6 Å². The van der Waals surface area contributed by atoms with Crippen LogP contribution in [0, 0.1) is 5.82 Å². The monoisotopic (exact) mass is 337 g/mol. The predicted molar refractivity (Wildman–Crippen MR) is 87.6 cm³/mol. The van der Waals surface area contributed by atoms with Gasteiger partial charge >= 0.3 is 0 Å². The molecule has 1 aliphatic heterocycles. The molecule has 1 fully saturated rings. The third kappa shape index (κ3) is 3.74. The summed E-state index contributed by atoms with van der Waals surface area (Å²) >= 11 is 6.19. The summed E-state index contributed by atoms with van der Waals surface area (Å²) in [7, 11) is 1.89. The molecule has 124 valence electrons. The van der Waals surface area contributed by atoms with Crippen molar-refractivity contribution in [3.05, 3.63) is 52.6 Å². The number of halogens is 2. The van der Waals surface area contributed by atoms with E-state index in [1.54, 1.807) is 23.0 Å². The molecule has 0 aliphatic carbocycles. The molecule has 6 heteroatoms. The van der Waals surface area contributed by atoms with Gasteiger partial charge in [0, 0.05) is 19.6 Å². The Hall–Kier alpha value is -1.43. The fraction of sp³-hybridized carbons (Fsp3) is 0.471. The largest absolute Gasteiger partial charge is 0.388 e. The van der Waals surface area contributed by atoms with E-state index in [0.717, 1.165) is 37.2 Å². The molecule has 0 unspecified atom stereocenters. The first-order valence-corrected chi connectivity index (χ1v) is 8.26. The number of aromatic nitrogens is 2. The Bertz CT molecular complexity index is 639. The first-order valence-electron chi connectivity index (χ1n) is 7.88. The summed E-state index contributed by atoms with van der Waals surface area (Å²) in [5, 5.41) is 15.3. The van der Waals surface area contributed by atoms with E-state index in [0.29, 0.717) is 17.5 Å². The van der Waals surface area contributed by atoms with Crippen LogP contribution in [0.15, 0.2) is 30.5 Å². The van der Waals surface area contributed by atoms with Crippen molar-refractivity contribution >= 4 is 11.6 Å². The van der Waals surface area contributed by atoms with Crippen molar-refractivity contribution in [3.8, 4) is 0 Å². The molecule has 0 saturated carbocycles. The second-order valence-electron chi connectivity index (χ2n) is 6.13. The first-order chi connectivity index (χ1) is 11.0. The van der Waals surface area contributed by atoms with Crippen LogP contribution in [0.3, 0.4) is 0 Å². The molecule has 0 radical (unpaired) electrons. The maximum atomic E-state index is 13.0. The summed E-state index contributed by atoms with van der Waals surface area (Å²) in [5.74, 6) is -0.283. The van der Waals surface area contributed by atoms with Crippen molar-refractivity contribution in [2.75, 3.05) is 6.54 Å². The number of hydrogen-bond donors (Lipinski definition) is 1. The van der Waals surface area contributed by atoms with Gasteiger partial charge in [0.25, 0.3) is 0 Å². The lowest BCUT2D eigenvalue weighted by Crippen LogP contribution is -2.31. The molecule has 23 heavy (non-hydrogen) atoms. The molecule has 1 aromatic heterocycles. The zero-order valence-corrected chi connectivity index (χ0v) is 13.9. The Morgan fingerprint density at radius 2 is 2.13 bits per heavy atom. The van der Waals surface area contributed by atoms with Gasteiger partial charge in [-0.3, -0.25) is 9.58 Å². The Morgan fingerprint density at radius 1 is 1.39 bits per heavy atom. The zero-order valence-electron chi connectivity index (χ0n) is 13.1. The Morgan fingerprint density at radius 3 is 2.78 bits per heavy atom. The maximum Gasteiger partial charge on any atom is 0.123 e.